The summed E-state index contributed by atoms with van der Waals surface area (Å²) in [6.07, 6.45) is 0.905. The van der Waals surface area contributed by atoms with Gasteiger partial charge >= 0.3 is 0 Å². The molecule has 0 spiro atoms. The van der Waals surface area contributed by atoms with Crippen molar-refractivity contribution in [3.8, 4) is 0 Å². The van der Waals surface area contributed by atoms with Gasteiger partial charge in [-0.15, -0.1) is 0 Å². The summed E-state index contributed by atoms with van der Waals surface area (Å²) < 4.78 is 0. The highest BCUT2D eigenvalue weighted by Crippen LogP contribution is 2.22. The molecule has 0 aliphatic heterocycles. The van der Waals surface area contributed by atoms with Crippen LogP contribution >= 0.6 is 0 Å². The van der Waals surface area contributed by atoms with Gasteiger partial charge in [-0.05, 0) is 49.4 Å². The van der Waals surface area contributed by atoms with Crippen molar-refractivity contribution in [1.29, 1.82) is 0 Å². The first-order valence-electron chi connectivity index (χ1n) is 6.45. The Morgan fingerprint density at radius 1 is 0.944 bits per heavy atom. The van der Waals surface area contributed by atoms with Crippen LogP contribution in [0.5, 0.6) is 0 Å². The summed E-state index contributed by atoms with van der Waals surface area (Å²) in [5, 5.41) is 0. The van der Waals surface area contributed by atoms with Crippen molar-refractivity contribution >= 4 is 0 Å². The lowest BCUT2D eigenvalue weighted by molar-refractivity contribution is 0.715. The van der Waals surface area contributed by atoms with Gasteiger partial charge in [-0.2, -0.15) is 0 Å². The lowest BCUT2D eigenvalue weighted by Crippen LogP contribution is -2.14. The minimum Gasteiger partial charge on any atom is -0.324 e. The molecule has 94 valence electrons. The van der Waals surface area contributed by atoms with Crippen LogP contribution < -0.4 is 5.73 Å². The SMILES string of the molecule is Cc1cc(C)c(CC(N)c2ccccc2)c(C)c1. The fraction of sp³-hybridized carbons (Fsp3) is 0.294. The van der Waals surface area contributed by atoms with E-state index in [4.69, 9.17) is 5.73 Å². The van der Waals surface area contributed by atoms with Crippen LogP contribution in [-0.4, -0.2) is 0 Å². The second-order valence-electron chi connectivity index (χ2n) is 5.10. The third kappa shape index (κ3) is 2.80. The highest BCUT2D eigenvalue weighted by Gasteiger charge is 2.10. The monoisotopic (exact) mass is 239 g/mol. The van der Waals surface area contributed by atoms with E-state index in [0.717, 1.165) is 6.42 Å². The quantitative estimate of drug-likeness (QED) is 0.865. The molecule has 0 radical (unpaired) electrons. The second-order valence-corrected chi connectivity index (χ2v) is 5.10. The van der Waals surface area contributed by atoms with Gasteiger partial charge in [0.1, 0.15) is 0 Å². The van der Waals surface area contributed by atoms with Gasteiger partial charge in [0.25, 0.3) is 0 Å². The van der Waals surface area contributed by atoms with Crippen molar-refractivity contribution in [3.63, 3.8) is 0 Å². The normalized spacial score (nSPS) is 12.4. The average molecular weight is 239 g/mol. The van der Waals surface area contributed by atoms with Crippen LogP contribution in [0.2, 0.25) is 0 Å². The molecule has 1 nitrogen and oxygen atoms in total. The highest BCUT2D eigenvalue weighted by molar-refractivity contribution is 5.38. The van der Waals surface area contributed by atoms with E-state index >= 15 is 0 Å². The average Bonchev–Trinajstić information content (AvgIpc) is 2.34. The van der Waals surface area contributed by atoms with E-state index in [1.165, 1.54) is 27.8 Å². The molecule has 0 heterocycles. The van der Waals surface area contributed by atoms with Gasteiger partial charge in [0, 0.05) is 6.04 Å². The summed E-state index contributed by atoms with van der Waals surface area (Å²) >= 11 is 0. The molecule has 0 fully saturated rings. The van der Waals surface area contributed by atoms with Crippen LogP contribution in [0, 0.1) is 20.8 Å². The predicted molar refractivity (Wildman–Crippen MR) is 77.7 cm³/mol. The van der Waals surface area contributed by atoms with Crippen molar-refractivity contribution < 1.29 is 0 Å². The molecule has 2 aromatic rings. The molecule has 18 heavy (non-hydrogen) atoms. The zero-order valence-corrected chi connectivity index (χ0v) is 11.4. The maximum Gasteiger partial charge on any atom is 0.0335 e. The fourth-order valence-electron chi connectivity index (χ4n) is 2.57. The lowest BCUT2D eigenvalue weighted by Gasteiger charge is -2.16. The topological polar surface area (TPSA) is 26.0 Å². The minimum atomic E-state index is 0.0753. The van der Waals surface area contributed by atoms with Crippen LogP contribution in [0.3, 0.4) is 0 Å². The lowest BCUT2D eigenvalue weighted by atomic mass is 9.92. The Balaban J connectivity index is 2.25. The summed E-state index contributed by atoms with van der Waals surface area (Å²) in [4.78, 5) is 0. The first kappa shape index (κ1) is 12.8. The Morgan fingerprint density at radius 3 is 2.06 bits per heavy atom. The molecule has 0 aromatic heterocycles. The van der Waals surface area contributed by atoms with Gasteiger partial charge in [-0.3, -0.25) is 0 Å². The number of benzene rings is 2. The smallest absolute Gasteiger partial charge is 0.0335 e. The van der Waals surface area contributed by atoms with Crippen LogP contribution in [-0.2, 0) is 6.42 Å². The van der Waals surface area contributed by atoms with Crippen molar-refractivity contribution in [2.45, 2.75) is 33.2 Å². The molecule has 0 saturated heterocycles. The largest absolute Gasteiger partial charge is 0.324 e. The predicted octanol–water partition coefficient (Wildman–Crippen LogP) is 3.85. The van der Waals surface area contributed by atoms with E-state index in [2.05, 4.69) is 45.0 Å². The number of nitrogens with two attached hydrogens (primary N) is 1. The third-order valence-corrected chi connectivity index (χ3v) is 3.49. The maximum atomic E-state index is 6.30. The number of aryl methyl sites for hydroxylation is 3. The van der Waals surface area contributed by atoms with Crippen LogP contribution in [0.15, 0.2) is 42.5 Å². The molecule has 0 saturated carbocycles. The first-order valence-corrected chi connectivity index (χ1v) is 6.45. The van der Waals surface area contributed by atoms with E-state index in [0.29, 0.717) is 0 Å². The Labute approximate surface area is 110 Å². The second kappa shape index (κ2) is 5.36. The van der Waals surface area contributed by atoms with Crippen molar-refractivity contribution in [2.24, 2.45) is 5.73 Å². The van der Waals surface area contributed by atoms with Crippen molar-refractivity contribution in [2.75, 3.05) is 0 Å². The van der Waals surface area contributed by atoms with E-state index in [1.54, 1.807) is 0 Å². The first-order chi connectivity index (χ1) is 8.58. The fourth-order valence-corrected chi connectivity index (χ4v) is 2.57. The highest BCUT2D eigenvalue weighted by atomic mass is 14.6. The van der Waals surface area contributed by atoms with E-state index < -0.39 is 0 Å². The molecule has 0 aliphatic rings. The molecular weight excluding hydrogens is 218 g/mol. The van der Waals surface area contributed by atoms with Gasteiger partial charge in [0.2, 0.25) is 0 Å². The van der Waals surface area contributed by atoms with Gasteiger partial charge < -0.3 is 5.73 Å². The molecule has 2 rings (SSSR count). The summed E-state index contributed by atoms with van der Waals surface area (Å²) in [5.74, 6) is 0. The molecule has 1 atom stereocenters. The maximum absolute atomic E-state index is 6.30. The van der Waals surface area contributed by atoms with Crippen molar-refractivity contribution in [3.05, 3.63) is 70.3 Å². The molecule has 0 bridgehead atoms. The number of rotatable bonds is 3. The molecular formula is C17H21N. The van der Waals surface area contributed by atoms with E-state index in [9.17, 15) is 0 Å². The number of hydrogen-bond donors (Lipinski definition) is 1. The summed E-state index contributed by atoms with van der Waals surface area (Å²) in [6, 6.07) is 14.9. The Morgan fingerprint density at radius 2 is 1.50 bits per heavy atom. The van der Waals surface area contributed by atoms with Gasteiger partial charge in [0.05, 0.1) is 0 Å². The Hall–Kier alpha value is -1.60. The minimum absolute atomic E-state index is 0.0753. The van der Waals surface area contributed by atoms with E-state index in [1.807, 2.05) is 18.2 Å². The third-order valence-electron chi connectivity index (χ3n) is 3.49. The molecule has 0 amide bonds. The van der Waals surface area contributed by atoms with Gasteiger partial charge in [0.15, 0.2) is 0 Å². The van der Waals surface area contributed by atoms with Crippen LogP contribution in [0.25, 0.3) is 0 Å². The van der Waals surface area contributed by atoms with Crippen LogP contribution in [0.4, 0.5) is 0 Å². The number of hydrogen-bond acceptors (Lipinski definition) is 1. The van der Waals surface area contributed by atoms with Crippen LogP contribution in [0.1, 0.15) is 33.9 Å². The summed E-state index contributed by atoms with van der Waals surface area (Å²) in [5.41, 5.74) is 12.9. The zero-order valence-electron chi connectivity index (χ0n) is 11.4. The summed E-state index contributed by atoms with van der Waals surface area (Å²) in [6.45, 7) is 6.49. The van der Waals surface area contributed by atoms with Gasteiger partial charge in [-0.1, -0.05) is 48.0 Å². The van der Waals surface area contributed by atoms with E-state index in [-0.39, 0.29) is 6.04 Å². The standard InChI is InChI=1S/C17H21N/c1-12-9-13(2)16(14(3)10-12)11-17(18)15-7-5-4-6-8-15/h4-10,17H,11,18H2,1-3H3. The molecule has 2 aromatic carbocycles. The summed E-state index contributed by atoms with van der Waals surface area (Å²) in [7, 11) is 0. The molecule has 2 N–H and O–H groups in total. The van der Waals surface area contributed by atoms with Crippen molar-refractivity contribution in [1.82, 2.24) is 0 Å². The molecule has 1 unspecified atom stereocenters. The Kier molecular flexibility index (Phi) is 3.83. The van der Waals surface area contributed by atoms with Gasteiger partial charge in [-0.25, -0.2) is 0 Å². The zero-order chi connectivity index (χ0) is 13.1. The Bertz CT molecular complexity index is 506. The molecule has 1 heteroatoms. The molecule has 0 aliphatic carbocycles.